The van der Waals surface area contributed by atoms with Gasteiger partial charge in [-0.2, -0.15) is 0 Å². The highest BCUT2D eigenvalue weighted by Gasteiger charge is 2.31. The molecule has 106 valence electrons. The van der Waals surface area contributed by atoms with Gasteiger partial charge in [-0.3, -0.25) is 0 Å². The smallest absolute Gasteiger partial charge is 0.0555 e. The van der Waals surface area contributed by atoms with E-state index < -0.39 is 0 Å². The van der Waals surface area contributed by atoms with Crippen LogP contribution in [0.5, 0.6) is 0 Å². The predicted molar refractivity (Wildman–Crippen MR) is 76.6 cm³/mol. The molecule has 2 saturated carbocycles. The average molecular weight is 253 g/mol. The number of nitrogens with one attached hydrogen (secondary N) is 1. The Kier molecular flexibility index (Phi) is 4.71. The second-order valence-corrected chi connectivity index (χ2v) is 7.60. The lowest BCUT2D eigenvalue weighted by Gasteiger charge is -2.39. The van der Waals surface area contributed by atoms with E-state index in [1.54, 1.807) is 0 Å². The zero-order valence-electron chi connectivity index (χ0n) is 12.4. The second kappa shape index (κ2) is 5.92. The standard InChI is InChI=1S/C16H31NO/c1-16(2,3)12-7-9-13(10-8-12)17-14-5-4-6-15(18)11-14/h12-15,17-18H,4-11H2,1-3H3. The van der Waals surface area contributed by atoms with Crippen molar-refractivity contribution < 1.29 is 5.11 Å². The molecule has 0 aliphatic heterocycles. The van der Waals surface area contributed by atoms with Crippen molar-refractivity contribution >= 4 is 0 Å². The first-order chi connectivity index (χ1) is 8.45. The highest BCUT2D eigenvalue weighted by Crippen LogP contribution is 2.38. The summed E-state index contributed by atoms with van der Waals surface area (Å²) in [6.45, 7) is 7.13. The largest absolute Gasteiger partial charge is 0.393 e. The van der Waals surface area contributed by atoms with E-state index in [0.717, 1.165) is 18.8 Å². The van der Waals surface area contributed by atoms with Crippen LogP contribution < -0.4 is 5.32 Å². The first-order valence-electron chi connectivity index (χ1n) is 7.89. The molecule has 2 nitrogen and oxygen atoms in total. The molecular formula is C16H31NO. The van der Waals surface area contributed by atoms with Gasteiger partial charge in [-0.05, 0) is 62.7 Å². The third-order valence-corrected chi connectivity index (χ3v) is 5.07. The van der Waals surface area contributed by atoms with Crippen LogP contribution in [0, 0.1) is 11.3 Å². The molecule has 0 radical (unpaired) electrons. The van der Waals surface area contributed by atoms with E-state index in [2.05, 4.69) is 26.1 Å². The van der Waals surface area contributed by atoms with Gasteiger partial charge in [0.15, 0.2) is 0 Å². The molecule has 0 amide bonds. The first-order valence-corrected chi connectivity index (χ1v) is 7.89. The van der Waals surface area contributed by atoms with Crippen LogP contribution in [0.2, 0.25) is 0 Å². The van der Waals surface area contributed by atoms with Gasteiger partial charge in [0.2, 0.25) is 0 Å². The van der Waals surface area contributed by atoms with Crippen LogP contribution in [0.25, 0.3) is 0 Å². The number of rotatable bonds is 2. The Morgan fingerprint density at radius 1 is 0.889 bits per heavy atom. The van der Waals surface area contributed by atoms with Gasteiger partial charge in [-0.1, -0.05) is 20.8 Å². The van der Waals surface area contributed by atoms with Crippen molar-refractivity contribution in [2.75, 3.05) is 0 Å². The maximum absolute atomic E-state index is 9.72. The lowest BCUT2D eigenvalue weighted by molar-refractivity contribution is 0.0997. The van der Waals surface area contributed by atoms with Crippen LogP contribution in [-0.4, -0.2) is 23.3 Å². The molecule has 0 bridgehead atoms. The van der Waals surface area contributed by atoms with Crippen molar-refractivity contribution in [3.8, 4) is 0 Å². The third kappa shape index (κ3) is 3.96. The van der Waals surface area contributed by atoms with Crippen LogP contribution >= 0.6 is 0 Å². The van der Waals surface area contributed by atoms with Crippen molar-refractivity contribution in [3.63, 3.8) is 0 Å². The summed E-state index contributed by atoms with van der Waals surface area (Å²) >= 11 is 0. The molecule has 0 heterocycles. The van der Waals surface area contributed by atoms with Crippen LogP contribution in [-0.2, 0) is 0 Å². The molecule has 2 fully saturated rings. The maximum atomic E-state index is 9.72. The number of hydrogen-bond acceptors (Lipinski definition) is 2. The zero-order valence-corrected chi connectivity index (χ0v) is 12.4. The fourth-order valence-corrected chi connectivity index (χ4v) is 3.77. The highest BCUT2D eigenvalue weighted by atomic mass is 16.3. The van der Waals surface area contributed by atoms with E-state index in [-0.39, 0.29) is 6.10 Å². The van der Waals surface area contributed by atoms with E-state index in [0.29, 0.717) is 17.5 Å². The SMILES string of the molecule is CC(C)(C)C1CCC(NC2CCCC(O)C2)CC1. The molecule has 0 aromatic heterocycles. The number of aliphatic hydroxyl groups excluding tert-OH is 1. The normalized spacial score (nSPS) is 38.7. The van der Waals surface area contributed by atoms with Crippen molar-refractivity contribution in [2.45, 2.75) is 90.3 Å². The average Bonchev–Trinajstić information content (AvgIpc) is 2.28. The molecule has 2 atom stereocenters. The van der Waals surface area contributed by atoms with Crippen molar-refractivity contribution in [2.24, 2.45) is 11.3 Å². The zero-order chi connectivity index (χ0) is 13.2. The lowest BCUT2D eigenvalue weighted by Crippen LogP contribution is -2.44. The Balaban J connectivity index is 1.73. The van der Waals surface area contributed by atoms with Crippen LogP contribution in [0.1, 0.15) is 72.1 Å². The van der Waals surface area contributed by atoms with Gasteiger partial charge in [0.25, 0.3) is 0 Å². The minimum absolute atomic E-state index is 0.0536. The summed E-state index contributed by atoms with van der Waals surface area (Å²) in [5.41, 5.74) is 0.478. The molecule has 0 aromatic carbocycles. The summed E-state index contributed by atoms with van der Waals surface area (Å²) < 4.78 is 0. The Hall–Kier alpha value is -0.0800. The van der Waals surface area contributed by atoms with Gasteiger partial charge in [0.05, 0.1) is 6.10 Å². The predicted octanol–water partition coefficient (Wildman–Crippen LogP) is 3.48. The van der Waals surface area contributed by atoms with Gasteiger partial charge < -0.3 is 10.4 Å². The van der Waals surface area contributed by atoms with Crippen LogP contribution in [0.4, 0.5) is 0 Å². The summed E-state index contributed by atoms with van der Waals surface area (Å²) in [5.74, 6) is 0.896. The molecule has 2 unspecified atom stereocenters. The van der Waals surface area contributed by atoms with Gasteiger partial charge >= 0.3 is 0 Å². The molecule has 2 aliphatic carbocycles. The van der Waals surface area contributed by atoms with Crippen LogP contribution in [0.15, 0.2) is 0 Å². The number of aliphatic hydroxyl groups is 1. The lowest BCUT2D eigenvalue weighted by atomic mass is 9.71. The summed E-state index contributed by atoms with van der Waals surface area (Å²) in [5, 5.41) is 13.5. The first kappa shape index (κ1) is 14.3. The van der Waals surface area contributed by atoms with Gasteiger partial charge in [-0.15, -0.1) is 0 Å². The van der Waals surface area contributed by atoms with E-state index in [1.165, 1.54) is 38.5 Å². The highest BCUT2D eigenvalue weighted by molar-refractivity contribution is 4.86. The van der Waals surface area contributed by atoms with Crippen LogP contribution in [0.3, 0.4) is 0 Å². The minimum atomic E-state index is -0.0536. The number of hydrogen-bond donors (Lipinski definition) is 2. The monoisotopic (exact) mass is 253 g/mol. The molecule has 0 aromatic rings. The Labute approximate surface area is 113 Å². The van der Waals surface area contributed by atoms with Crippen molar-refractivity contribution in [3.05, 3.63) is 0 Å². The van der Waals surface area contributed by atoms with Crippen molar-refractivity contribution in [1.82, 2.24) is 5.32 Å². The minimum Gasteiger partial charge on any atom is -0.393 e. The Morgan fingerprint density at radius 3 is 2.11 bits per heavy atom. The molecular weight excluding hydrogens is 222 g/mol. The third-order valence-electron chi connectivity index (χ3n) is 5.07. The molecule has 2 aliphatic rings. The Bertz CT molecular complexity index is 250. The van der Waals surface area contributed by atoms with Gasteiger partial charge in [0.1, 0.15) is 0 Å². The van der Waals surface area contributed by atoms with Gasteiger partial charge in [-0.25, -0.2) is 0 Å². The maximum Gasteiger partial charge on any atom is 0.0555 e. The van der Waals surface area contributed by atoms with Gasteiger partial charge in [0, 0.05) is 12.1 Å². The quantitative estimate of drug-likeness (QED) is 0.789. The van der Waals surface area contributed by atoms with E-state index in [9.17, 15) is 5.11 Å². The fourth-order valence-electron chi connectivity index (χ4n) is 3.77. The fraction of sp³-hybridized carbons (Fsp3) is 1.00. The summed E-state index contributed by atoms with van der Waals surface area (Å²) in [6, 6.07) is 1.28. The van der Waals surface area contributed by atoms with E-state index >= 15 is 0 Å². The molecule has 0 saturated heterocycles. The summed E-state index contributed by atoms with van der Waals surface area (Å²) in [7, 11) is 0. The Morgan fingerprint density at radius 2 is 1.56 bits per heavy atom. The molecule has 2 rings (SSSR count). The molecule has 18 heavy (non-hydrogen) atoms. The molecule has 2 heteroatoms. The summed E-state index contributed by atoms with van der Waals surface area (Å²) in [4.78, 5) is 0. The molecule has 0 spiro atoms. The second-order valence-electron chi connectivity index (χ2n) is 7.60. The topological polar surface area (TPSA) is 32.3 Å². The van der Waals surface area contributed by atoms with E-state index in [4.69, 9.17) is 0 Å². The molecule has 2 N–H and O–H groups in total. The summed E-state index contributed by atoms with van der Waals surface area (Å²) in [6.07, 6.45) is 9.78. The van der Waals surface area contributed by atoms with E-state index in [1.807, 2.05) is 0 Å². The van der Waals surface area contributed by atoms with Crippen molar-refractivity contribution in [1.29, 1.82) is 0 Å².